The third-order valence-corrected chi connectivity index (χ3v) is 3.35. The molecule has 0 aromatic carbocycles. The summed E-state index contributed by atoms with van der Waals surface area (Å²) in [4.78, 5) is 24.6. The highest BCUT2D eigenvalue weighted by molar-refractivity contribution is 6.32. The molecule has 0 aliphatic carbocycles. The Hall–Kier alpha value is -1.56. The topological polar surface area (TPSA) is 64.4 Å². The molecule has 1 aliphatic heterocycles. The van der Waals surface area contributed by atoms with Gasteiger partial charge in [0.2, 0.25) is 0 Å². The largest absolute Gasteiger partial charge is 0.444 e. The van der Waals surface area contributed by atoms with E-state index in [9.17, 15) is 9.59 Å². The van der Waals surface area contributed by atoms with Gasteiger partial charge < -0.3 is 9.64 Å². The van der Waals surface area contributed by atoms with Crippen molar-refractivity contribution in [3.8, 4) is 0 Å². The number of rotatable bonds is 2. The Morgan fingerprint density at radius 2 is 2.25 bits per heavy atom. The SMILES string of the molecule is CC(C)(C)OC(=O)N1CCC(n2ncc(Cl)c2C=O)C1. The number of aromatic nitrogens is 2. The summed E-state index contributed by atoms with van der Waals surface area (Å²) in [6.45, 7) is 6.53. The lowest BCUT2D eigenvalue weighted by molar-refractivity contribution is 0.0288. The predicted molar refractivity (Wildman–Crippen MR) is 74.1 cm³/mol. The summed E-state index contributed by atoms with van der Waals surface area (Å²) in [6, 6.07) is -0.0461. The van der Waals surface area contributed by atoms with Gasteiger partial charge in [-0.3, -0.25) is 9.48 Å². The van der Waals surface area contributed by atoms with Crippen LogP contribution in [-0.2, 0) is 4.74 Å². The molecule has 0 spiro atoms. The van der Waals surface area contributed by atoms with E-state index in [4.69, 9.17) is 16.3 Å². The lowest BCUT2D eigenvalue weighted by Gasteiger charge is -2.24. The van der Waals surface area contributed by atoms with Gasteiger partial charge in [0.05, 0.1) is 17.3 Å². The second-order valence-corrected chi connectivity index (χ2v) is 6.22. The molecule has 1 atom stereocenters. The second-order valence-electron chi connectivity index (χ2n) is 5.81. The second kappa shape index (κ2) is 5.44. The van der Waals surface area contributed by atoms with Crippen molar-refractivity contribution in [1.82, 2.24) is 14.7 Å². The molecule has 7 heteroatoms. The first-order valence-electron chi connectivity index (χ1n) is 6.48. The summed E-state index contributed by atoms with van der Waals surface area (Å²) in [7, 11) is 0. The third-order valence-electron chi connectivity index (χ3n) is 3.06. The number of hydrogen-bond acceptors (Lipinski definition) is 4. The highest BCUT2D eigenvalue weighted by Gasteiger charge is 2.32. The van der Waals surface area contributed by atoms with Crippen LogP contribution in [0, 0.1) is 0 Å². The van der Waals surface area contributed by atoms with Crippen LogP contribution in [0.5, 0.6) is 0 Å². The van der Waals surface area contributed by atoms with E-state index in [1.807, 2.05) is 20.8 Å². The summed E-state index contributed by atoms with van der Waals surface area (Å²) >= 11 is 5.89. The van der Waals surface area contributed by atoms with Gasteiger partial charge >= 0.3 is 6.09 Å². The smallest absolute Gasteiger partial charge is 0.410 e. The van der Waals surface area contributed by atoms with E-state index < -0.39 is 5.60 Å². The molecule has 0 N–H and O–H groups in total. The van der Waals surface area contributed by atoms with Gasteiger partial charge in [-0.15, -0.1) is 0 Å². The molecule has 1 aromatic rings. The number of likely N-dealkylation sites (tertiary alicyclic amines) is 1. The monoisotopic (exact) mass is 299 g/mol. The van der Waals surface area contributed by atoms with Crippen molar-refractivity contribution >= 4 is 24.0 Å². The molecule has 1 amide bonds. The van der Waals surface area contributed by atoms with Crippen LogP contribution in [0.25, 0.3) is 0 Å². The standard InChI is InChI=1S/C13H18ClN3O3/c1-13(2,3)20-12(19)16-5-4-9(7-16)17-11(8-18)10(14)6-15-17/h6,8-9H,4-5,7H2,1-3H3. The maximum atomic E-state index is 12.0. The number of amides is 1. The zero-order valence-corrected chi connectivity index (χ0v) is 12.6. The van der Waals surface area contributed by atoms with Gasteiger partial charge in [0.15, 0.2) is 6.29 Å². The van der Waals surface area contributed by atoms with Crippen LogP contribution < -0.4 is 0 Å². The fraction of sp³-hybridized carbons (Fsp3) is 0.615. The van der Waals surface area contributed by atoms with Crippen LogP contribution in [-0.4, -0.2) is 45.8 Å². The average molecular weight is 300 g/mol. The fourth-order valence-electron chi connectivity index (χ4n) is 2.19. The number of aldehydes is 1. The van der Waals surface area contributed by atoms with Crippen molar-refractivity contribution in [3.63, 3.8) is 0 Å². The van der Waals surface area contributed by atoms with Gasteiger partial charge in [0.25, 0.3) is 0 Å². The number of ether oxygens (including phenoxy) is 1. The summed E-state index contributed by atoms with van der Waals surface area (Å²) in [5, 5.41) is 4.44. The van der Waals surface area contributed by atoms with Gasteiger partial charge in [-0.05, 0) is 27.2 Å². The van der Waals surface area contributed by atoms with Crippen LogP contribution in [0.3, 0.4) is 0 Å². The van der Waals surface area contributed by atoms with E-state index in [0.29, 0.717) is 30.1 Å². The van der Waals surface area contributed by atoms with E-state index in [0.717, 1.165) is 6.42 Å². The summed E-state index contributed by atoms with van der Waals surface area (Å²) < 4.78 is 6.91. The Bertz CT molecular complexity index is 521. The van der Waals surface area contributed by atoms with Gasteiger partial charge in [-0.25, -0.2) is 4.79 Å². The zero-order chi connectivity index (χ0) is 14.9. The summed E-state index contributed by atoms with van der Waals surface area (Å²) in [5.41, 5.74) is -0.166. The van der Waals surface area contributed by atoms with Crippen LogP contribution in [0.2, 0.25) is 5.02 Å². The number of nitrogens with zero attached hydrogens (tertiary/aromatic N) is 3. The number of halogens is 1. The molecule has 1 saturated heterocycles. The van der Waals surface area contributed by atoms with Crippen LogP contribution in [0.4, 0.5) is 4.79 Å². The molecule has 110 valence electrons. The van der Waals surface area contributed by atoms with E-state index >= 15 is 0 Å². The first-order chi connectivity index (χ1) is 9.31. The van der Waals surface area contributed by atoms with E-state index in [2.05, 4.69) is 5.10 Å². The quantitative estimate of drug-likeness (QED) is 0.787. The summed E-state index contributed by atoms with van der Waals surface area (Å²) in [5.74, 6) is 0. The van der Waals surface area contributed by atoms with E-state index in [-0.39, 0.29) is 12.1 Å². The maximum absolute atomic E-state index is 12.0. The Balaban J connectivity index is 2.05. The molecule has 0 bridgehead atoms. The molecule has 1 aromatic heterocycles. The van der Waals surface area contributed by atoms with E-state index in [1.54, 1.807) is 9.58 Å². The van der Waals surface area contributed by atoms with Crippen molar-refractivity contribution in [1.29, 1.82) is 0 Å². The van der Waals surface area contributed by atoms with Crippen molar-refractivity contribution in [2.75, 3.05) is 13.1 Å². The number of carbonyl (C=O) groups is 2. The lowest BCUT2D eigenvalue weighted by atomic mass is 10.2. The zero-order valence-electron chi connectivity index (χ0n) is 11.8. The van der Waals surface area contributed by atoms with Gasteiger partial charge in [-0.1, -0.05) is 11.6 Å². The molecule has 1 fully saturated rings. The fourth-order valence-corrected chi connectivity index (χ4v) is 2.36. The van der Waals surface area contributed by atoms with Crippen molar-refractivity contribution in [2.24, 2.45) is 0 Å². The number of hydrogen-bond donors (Lipinski definition) is 0. The Kier molecular flexibility index (Phi) is 4.04. The van der Waals surface area contributed by atoms with Crippen molar-refractivity contribution in [2.45, 2.75) is 38.8 Å². The minimum absolute atomic E-state index is 0.0461. The molecule has 0 radical (unpaired) electrons. The molecule has 20 heavy (non-hydrogen) atoms. The first kappa shape index (κ1) is 14.8. The average Bonchev–Trinajstić information content (AvgIpc) is 2.92. The normalized spacial score (nSPS) is 19.2. The lowest BCUT2D eigenvalue weighted by Crippen LogP contribution is -2.35. The van der Waals surface area contributed by atoms with Gasteiger partial charge in [0.1, 0.15) is 11.3 Å². The van der Waals surface area contributed by atoms with Gasteiger partial charge in [-0.2, -0.15) is 5.10 Å². The van der Waals surface area contributed by atoms with Crippen LogP contribution in [0.15, 0.2) is 6.20 Å². The van der Waals surface area contributed by atoms with Crippen LogP contribution in [0.1, 0.15) is 43.7 Å². The molecule has 1 unspecified atom stereocenters. The highest BCUT2D eigenvalue weighted by atomic mass is 35.5. The molecular formula is C13H18ClN3O3. The number of carbonyl (C=O) groups excluding carboxylic acids is 2. The van der Waals surface area contributed by atoms with Crippen molar-refractivity contribution < 1.29 is 14.3 Å². The minimum Gasteiger partial charge on any atom is -0.444 e. The first-order valence-corrected chi connectivity index (χ1v) is 6.85. The maximum Gasteiger partial charge on any atom is 0.410 e. The minimum atomic E-state index is -0.516. The Morgan fingerprint density at radius 1 is 1.55 bits per heavy atom. The Labute approximate surface area is 122 Å². The van der Waals surface area contributed by atoms with E-state index in [1.165, 1.54) is 6.20 Å². The third kappa shape index (κ3) is 3.12. The van der Waals surface area contributed by atoms with Crippen molar-refractivity contribution in [3.05, 3.63) is 16.9 Å². The Morgan fingerprint density at radius 3 is 2.85 bits per heavy atom. The molecule has 1 aliphatic rings. The summed E-state index contributed by atoms with van der Waals surface area (Å²) in [6.07, 6.45) is 2.51. The molecule has 2 heterocycles. The molecule has 6 nitrogen and oxygen atoms in total. The molecular weight excluding hydrogens is 282 g/mol. The van der Waals surface area contributed by atoms with Gasteiger partial charge in [0, 0.05) is 13.1 Å². The van der Waals surface area contributed by atoms with Crippen LogP contribution >= 0.6 is 11.6 Å². The molecule has 2 rings (SSSR count). The molecule has 0 saturated carbocycles. The predicted octanol–water partition coefficient (Wildman–Crippen LogP) is 2.53. The highest BCUT2D eigenvalue weighted by Crippen LogP contribution is 2.26.